The van der Waals surface area contributed by atoms with E-state index in [1.165, 1.54) is 0 Å². The van der Waals surface area contributed by atoms with E-state index in [0.29, 0.717) is 6.54 Å². The summed E-state index contributed by atoms with van der Waals surface area (Å²) in [4.78, 5) is 1.98. The third-order valence-electron chi connectivity index (χ3n) is 1.55. The Hall–Kier alpha value is -0.290. The first-order valence-electron chi connectivity index (χ1n) is 4.34. The van der Waals surface area contributed by atoms with Crippen molar-refractivity contribution in [3.8, 4) is 0 Å². The van der Waals surface area contributed by atoms with E-state index >= 15 is 0 Å². The molecule has 0 fully saturated rings. The summed E-state index contributed by atoms with van der Waals surface area (Å²) in [6.07, 6.45) is -4.54. The lowest BCUT2D eigenvalue weighted by Gasteiger charge is -2.10. The molecule has 0 aliphatic heterocycles. The third kappa shape index (κ3) is 11.7. The maximum Gasteiger partial charge on any atom is 0.389 e. The van der Waals surface area contributed by atoms with Gasteiger partial charge in [-0.25, -0.2) is 0 Å². The molecule has 0 aromatic rings. The van der Waals surface area contributed by atoms with E-state index in [0.717, 1.165) is 13.1 Å². The molecule has 0 spiro atoms. The van der Waals surface area contributed by atoms with Gasteiger partial charge in [0.2, 0.25) is 0 Å². The lowest BCUT2D eigenvalue weighted by atomic mass is 10.3. The van der Waals surface area contributed by atoms with Crippen LogP contribution >= 0.6 is 0 Å². The zero-order valence-electron chi connectivity index (χ0n) is 8.12. The molecule has 80 valence electrons. The fraction of sp³-hybridized carbons (Fsp3) is 1.00. The zero-order chi connectivity index (χ0) is 10.3. The minimum Gasteiger partial charge on any atom is -0.315 e. The molecule has 0 aromatic heterocycles. The topological polar surface area (TPSA) is 15.3 Å². The van der Waals surface area contributed by atoms with Gasteiger partial charge in [0.05, 0.1) is 0 Å². The Kier molecular flexibility index (Phi) is 6.07. The second-order valence-corrected chi connectivity index (χ2v) is 3.27. The summed E-state index contributed by atoms with van der Waals surface area (Å²) < 4.78 is 35.0. The Bertz CT molecular complexity index is 123. The Balaban J connectivity index is 3.09. The van der Waals surface area contributed by atoms with Gasteiger partial charge in [0.1, 0.15) is 0 Å². The van der Waals surface area contributed by atoms with Gasteiger partial charge >= 0.3 is 6.18 Å². The summed E-state index contributed by atoms with van der Waals surface area (Å²) >= 11 is 0. The molecule has 0 aliphatic rings. The maximum atomic E-state index is 11.7. The van der Waals surface area contributed by atoms with E-state index in [-0.39, 0.29) is 6.42 Å². The van der Waals surface area contributed by atoms with Gasteiger partial charge in [0.15, 0.2) is 0 Å². The second kappa shape index (κ2) is 6.21. The number of likely N-dealkylation sites (N-methyl/N-ethyl adjacent to an activating group) is 1. The molecular weight excluding hydrogens is 181 g/mol. The molecule has 0 unspecified atom stereocenters. The number of rotatable bonds is 6. The zero-order valence-corrected chi connectivity index (χ0v) is 8.12. The van der Waals surface area contributed by atoms with Gasteiger partial charge < -0.3 is 10.2 Å². The monoisotopic (exact) mass is 198 g/mol. The van der Waals surface area contributed by atoms with Crippen molar-refractivity contribution in [2.75, 3.05) is 33.7 Å². The minimum atomic E-state index is -4.01. The molecule has 5 heteroatoms. The maximum absolute atomic E-state index is 11.7. The van der Waals surface area contributed by atoms with Gasteiger partial charge in [-0.1, -0.05) is 0 Å². The molecule has 2 nitrogen and oxygen atoms in total. The number of nitrogens with zero attached hydrogens (tertiary/aromatic N) is 1. The number of halogens is 3. The van der Waals surface area contributed by atoms with Crippen molar-refractivity contribution < 1.29 is 13.2 Å². The highest BCUT2D eigenvalue weighted by Crippen LogP contribution is 2.20. The summed E-state index contributed by atoms with van der Waals surface area (Å²) in [5, 5.41) is 2.95. The van der Waals surface area contributed by atoms with Crippen LogP contribution in [-0.2, 0) is 0 Å². The van der Waals surface area contributed by atoms with Gasteiger partial charge in [-0.3, -0.25) is 0 Å². The van der Waals surface area contributed by atoms with Crippen LogP contribution < -0.4 is 5.32 Å². The van der Waals surface area contributed by atoms with Gasteiger partial charge in [0.25, 0.3) is 0 Å². The summed E-state index contributed by atoms with van der Waals surface area (Å²) in [5.74, 6) is 0. The van der Waals surface area contributed by atoms with Crippen LogP contribution in [0.3, 0.4) is 0 Å². The largest absolute Gasteiger partial charge is 0.389 e. The average Bonchev–Trinajstić information content (AvgIpc) is 1.93. The molecule has 13 heavy (non-hydrogen) atoms. The van der Waals surface area contributed by atoms with E-state index in [1.807, 2.05) is 19.0 Å². The van der Waals surface area contributed by atoms with E-state index in [9.17, 15) is 13.2 Å². The summed E-state index contributed by atoms with van der Waals surface area (Å²) in [7, 11) is 3.86. The Morgan fingerprint density at radius 3 is 2.23 bits per heavy atom. The summed E-state index contributed by atoms with van der Waals surface area (Å²) in [6.45, 7) is 2.03. The van der Waals surface area contributed by atoms with E-state index in [2.05, 4.69) is 5.32 Å². The Morgan fingerprint density at radius 1 is 1.15 bits per heavy atom. The smallest absolute Gasteiger partial charge is 0.315 e. The van der Waals surface area contributed by atoms with Crippen molar-refractivity contribution >= 4 is 0 Å². The first kappa shape index (κ1) is 12.7. The SMILES string of the molecule is CN(C)CCNCCCC(F)(F)F. The van der Waals surface area contributed by atoms with E-state index in [1.54, 1.807) is 0 Å². The van der Waals surface area contributed by atoms with Crippen LogP contribution in [0.5, 0.6) is 0 Å². The molecule has 0 heterocycles. The average molecular weight is 198 g/mol. The fourth-order valence-electron chi connectivity index (χ4n) is 0.841. The molecule has 0 rings (SSSR count). The molecule has 0 amide bonds. The first-order chi connectivity index (χ1) is 5.92. The van der Waals surface area contributed by atoms with Crippen molar-refractivity contribution in [3.63, 3.8) is 0 Å². The number of hydrogen-bond donors (Lipinski definition) is 1. The highest BCUT2D eigenvalue weighted by atomic mass is 19.4. The van der Waals surface area contributed by atoms with Gasteiger partial charge in [-0.05, 0) is 27.1 Å². The van der Waals surface area contributed by atoms with Crippen LogP contribution in [0.4, 0.5) is 13.2 Å². The van der Waals surface area contributed by atoms with Crippen LogP contribution in [-0.4, -0.2) is 44.8 Å². The highest BCUT2D eigenvalue weighted by molar-refractivity contribution is 4.55. The summed E-state index contributed by atoms with van der Waals surface area (Å²) in [5.41, 5.74) is 0. The van der Waals surface area contributed by atoms with Crippen molar-refractivity contribution in [1.82, 2.24) is 10.2 Å². The van der Waals surface area contributed by atoms with Crippen molar-refractivity contribution in [3.05, 3.63) is 0 Å². The quantitative estimate of drug-likeness (QED) is 0.650. The van der Waals surface area contributed by atoms with Gasteiger partial charge in [-0.2, -0.15) is 13.2 Å². The normalized spacial score (nSPS) is 12.5. The van der Waals surface area contributed by atoms with Crippen molar-refractivity contribution in [1.29, 1.82) is 0 Å². The third-order valence-corrected chi connectivity index (χ3v) is 1.55. The number of hydrogen-bond acceptors (Lipinski definition) is 2. The van der Waals surface area contributed by atoms with E-state index in [4.69, 9.17) is 0 Å². The van der Waals surface area contributed by atoms with Crippen LogP contribution in [0.2, 0.25) is 0 Å². The van der Waals surface area contributed by atoms with Gasteiger partial charge in [0, 0.05) is 19.5 Å². The Morgan fingerprint density at radius 2 is 1.77 bits per heavy atom. The van der Waals surface area contributed by atoms with Crippen molar-refractivity contribution in [2.24, 2.45) is 0 Å². The molecule has 0 atom stereocenters. The lowest BCUT2D eigenvalue weighted by molar-refractivity contribution is -0.135. The molecule has 1 N–H and O–H groups in total. The Labute approximate surface area is 77.1 Å². The van der Waals surface area contributed by atoms with Gasteiger partial charge in [-0.15, -0.1) is 0 Å². The fourth-order valence-corrected chi connectivity index (χ4v) is 0.841. The van der Waals surface area contributed by atoms with E-state index < -0.39 is 12.6 Å². The van der Waals surface area contributed by atoms with Crippen LogP contribution in [0.15, 0.2) is 0 Å². The second-order valence-electron chi connectivity index (χ2n) is 3.27. The predicted octanol–water partition coefficient (Wildman–Crippen LogP) is 1.48. The molecule has 0 saturated carbocycles. The molecule has 0 saturated heterocycles. The first-order valence-corrected chi connectivity index (χ1v) is 4.34. The molecule has 0 radical (unpaired) electrons. The molecule has 0 bridgehead atoms. The predicted molar refractivity (Wildman–Crippen MR) is 46.7 cm³/mol. The molecule has 0 aromatic carbocycles. The standard InChI is InChI=1S/C8H17F3N2/c1-13(2)7-6-12-5-3-4-8(9,10)11/h12H,3-7H2,1-2H3. The highest BCUT2D eigenvalue weighted by Gasteiger charge is 2.25. The number of alkyl halides is 3. The lowest BCUT2D eigenvalue weighted by Crippen LogP contribution is -2.27. The minimum absolute atomic E-state index is 0.164. The van der Waals surface area contributed by atoms with Crippen LogP contribution in [0.25, 0.3) is 0 Å². The number of nitrogens with one attached hydrogen (secondary N) is 1. The van der Waals surface area contributed by atoms with Crippen LogP contribution in [0.1, 0.15) is 12.8 Å². The summed E-state index contributed by atoms with van der Waals surface area (Å²) in [6, 6.07) is 0. The molecule has 0 aliphatic carbocycles. The van der Waals surface area contributed by atoms with Crippen LogP contribution in [0, 0.1) is 0 Å². The molecular formula is C8H17F3N2. The van der Waals surface area contributed by atoms with Crippen molar-refractivity contribution in [2.45, 2.75) is 19.0 Å².